The van der Waals surface area contributed by atoms with E-state index < -0.39 is 0 Å². The fourth-order valence-electron chi connectivity index (χ4n) is 2.66. The first kappa shape index (κ1) is 24.1. The quantitative estimate of drug-likeness (QED) is 0.366. The summed E-state index contributed by atoms with van der Waals surface area (Å²) in [6, 6.07) is 9.14. The number of rotatable bonds is 12. The smallest absolute Gasteiger partial charge is 0.180 e. The lowest BCUT2D eigenvalue weighted by molar-refractivity contribution is 0.0770. The highest BCUT2D eigenvalue weighted by molar-refractivity contribution is 6.35. The molecular formula is C22H28Cl3NO3. The first-order valence-corrected chi connectivity index (χ1v) is 10.9. The standard InChI is InChI=1S/C22H28Cl3NO3/c1-4-27-21-11-16(13-26-8-5-9-28-15(2)3)10-20(25)22(21)29-14-17-6-7-18(23)12-19(17)24/h6-7,10-12,15,26H,4-5,8-9,13-14H2,1-3H3. The van der Waals surface area contributed by atoms with Crippen molar-refractivity contribution in [2.24, 2.45) is 0 Å². The molecule has 0 radical (unpaired) electrons. The van der Waals surface area contributed by atoms with Gasteiger partial charge in [0.25, 0.3) is 0 Å². The fraction of sp³-hybridized carbons (Fsp3) is 0.455. The Balaban J connectivity index is 1.99. The molecule has 0 spiro atoms. The molecule has 0 aliphatic carbocycles. The zero-order chi connectivity index (χ0) is 21.2. The molecule has 0 aliphatic heterocycles. The van der Waals surface area contributed by atoms with E-state index in [-0.39, 0.29) is 12.7 Å². The highest BCUT2D eigenvalue weighted by Crippen LogP contribution is 2.37. The monoisotopic (exact) mass is 459 g/mol. The van der Waals surface area contributed by atoms with E-state index >= 15 is 0 Å². The summed E-state index contributed by atoms with van der Waals surface area (Å²) < 4.78 is 17.2. The molecule has 0 heterocycles. The maximum Gasteiger partial charge on any atom is 0.180 e. The fourth-order valence-corrected chi connectivity index (χ4v) is 3.41. The minimum Gasteiger partial charge on any atom is -0.490 e. The maximum atomic E-state index is 6.49. The van der Waals surface area contributed by atoms with E-state index in [9.17, 15) is 0 Å². The summed E-state index contributed by atoms with van der Waals surface area (Å²) in [6.45, 7) is 9.07. The predicted molar refractivity (Wildman–Crippen MR) is 121 cm³/mol. The number of nitrogens with one attached hydrogen (secondary N) is 1. The second kappa shape index (κ2) is 12.5. The molecule has 0 bridgehead atoms. The van der Waals surface area contributed by atoms with Crippen LogP contribution in [0.1, 0.15) is 38.3 Å². The van der Waals surface area contributed by atoms with E-state index in [4.69, 9.17) is 49.0 Å². The van der Waals surface area contributed by atoms with Gasteiger partial charge in [0.2, 0.25) is 0 Å². The van der Waals surface area contributed by atoms with Crippen LogP contribution in [-0.4, -0.2) is 25.9 Å². The molecule has 0 aliphatic rings. The summed E-state index contributed by atoms with van der Waals surface area (Å²) >= 11 is 18.7. The third-order valence-corrected chi connectivity index (χ3v) is 4.90. The molecule has 0 fully saturated rings. The summed E-state index contributed by atoms with van der Waals surface area (Å²) in [6.07, 6.45) is 1.21. The molecule has 2 aromatic rings. The van der Waals surface area contributed by atoms with Crippen LogP contribution < -0.4 is 14.8 Å². The SMILES string of the molecule is CCOc1cc(CNCCCOC(C)C)cc(Cl)c1OCc1ccc(Cl)cc1Cl. The first-order chi connectivity index (χ1) is 13.9. The maximum absolute atomic E-state index is 6.49. The van der Waals surface area contributed by atoms with Crippen molar-refractivity contribution in [1.82, 2.24) is 5.32 Å². The Morgan fingerprint density at radius 2 is 1.79 bits per heavy atom. The van der Waals surface area contributed by atoms with Gasteiger partial charge in [-0.1, -0.05) is 40.9 Å². The van der Waals surface area contributed by atoms with Gasteiger partial charge in [-0.15, -0.1) is 0 Å². The predicted octanol–water partition coefficient (Wildman–Crippen LogP) is 6.53. The first-order valence-electron chi connectivity index (χ1n) is 9.75. The van der Waals surface area contributed by atoms with Gasteiger partial charge in [-0.25, -0.2) is 0 Å². The molecule has 0 saturated heterocycles. The average molecular weight is 461 g/mol. The van der Waals surface area contributed by atoms with Crippen LogP contribution in [0.2, 0.25) is 15.1 Å². The van der Waals surface area contributed by atoms with Crippen LogP contribution in [-0.2, 0) is 17.9 Å². The number of hydrogen-bond acceptors (Lipinski definition) is 4. The summed E-state index contributed by atoms with van der Waals surface area (Å²) in [5, 5.41) is 5.03. The molecule has 29 heavy (non-hydrogen) atoms. The van der Waals surface area contributed by atoms with Gasteiger partial charge in [0.15, 0.2) is 11.5 Å². The summed E-state index contributed by atoms with van der Waals surface area (Å²) in [4.78, 5) is 0. The van der Waals surface area contributed by atoms with Crippen LogP contribution in [0.4, 0.5) is 0 Å². The lowest BCUT2D eigenvalue weighted by Gasteiger charge is -2.16. The lowest BCUT2D eigenvalue weighted by Crippen LogP contribution is -2.17. The molecule has 0 amide bonds. The second-order valence-electron chi connectivity index (χ2n) is 6.81. The average Bonchev–Trinajstić information content (AvgIpc) is 2.65. The molecule has 0 aromatic heterocycles. The van der Waals surface area contributed by atoms with Crippen LogP contribution in [0.25, 0.3) is 0 Å². The summed E-state index contributed by atoms with van der Waals surface area (Å²) in [5.74, 6) is 1.12. The molecule has 1 N–H and O–H groups in total. The zero-order valence-electron chi connectivity index (χ0n) is 17.1. The molecular weight excluding hydrogens is 433 g/mol. The largest absolute Gasteiger partial charge is 0.490 e. The van der Waals surface area contributed by atoms with Crippen LogP contribution >= 0.6 is 34.8 Å². The van der Waals surface area contributed by atoms with E-state index in [0.29, 0.717) is 39.7 Å². The number of hydrogen-bond donors (Lipinski definition) is 1. The Hall–Kier alpha value is -1.17. The minimum absolute atomic E-state index is 0.262. The van der Waals surface area contributed by atoms with Gasteiger partial charge in [-0.2, -0.15) is 0 Å². The Labute approximate surface area is 188 Å². The van der Waals surface area contributed by atoms with E-state index in [2.05, 4.69) is 5.32 Å². The lowest BCUT2D eigenvalue weighted by atomic mass is 10.2. The third kappa shape index (κ3) is 8.23. The third-order valence-electron chi connectivity index (χ3n) is 4.03. The van der Waals surface area contributed by atoms with E-state index in [1.54, 1.807) is 12.1 Å². The number of halogens is 3. The molecule has 0 unspecified atom stereocenters. The highest BCUT2D eigenvalue weighted by Gasteiger charge is 2.14. The van der Waals surface area contributed by atoms with Gasteiger partial charge in [0.05, 0.1) is 17.7 Å². The van der Waals surface area contributed by atoms with Crippen molar-refractivity contribution in [3.8, 4) is 11.5 Å². The van der Waals surface area contributed by atoms with E-state index in [1.807, 2.05) is 39.0 Å². The van der Waals surface area contributed by atoms with Crippen LogP contribution in [0.5, 0.6) is 11.5 Å². The van der Waals surface area contributed by atoms with E-state index in [0.717, 1.165) is 30.7 Å². The van der Waals surface area contributed by atoms with Crippen molar-refractivity contribution >= 4 is 34.8 Å². The Morgan fingerprint density at radius 3 is 2.48 bits per heavy atom. The van der Waals surface area contributed by atoms with Gasteiger partial charge in [0, 0.05) is 28.8 Å². The zero-order valence-corrected chi connectivity index (χ0v) is 19.3. The van der Waals surface area contributed by atoms with Gasteiger partial charge >= 0.3 is 0 Å². The van der Waals surface area contributed by atoms with E-state index in [1.165, 1.54) is 0 Å². The molecule has 160 valence electrons. The van der Waals surface area contributed by atoms with Crippen molar-refractivity contribution in [1.29, 1.82) is 0 Å². The number of ether oxygens (including phenoxy) is 3. The minimum atomic E-state index is 0.262. The van der Waals surface area contributed by atoms with Crippen molar-refractivity contribution < 1.29 is 14.2 Å². The number of benzene rings is 2. The van der Waals surface area contributed by atoms with Crippen molar-refractivity contribution in [2.75, 3.05) is 19.8 Å². The summed E-state index contributed by atoms with van der Waals surface area (Å²) in [7, 11) is 0. The van der Waals surface area contributed by atoms with Crippen LogP contribution in [0, 0.1) is 0 Å². The topological polar surface area (TPSA) is 39.7 Å². The summed E-state index contributed by atoms with van der Waals surface area (Å²) in [5.41, 5.74) is 1.85. The molecule has 0 saturated carbocycles. The Morgan fingerprint density at radius 1 is 1.00 bits per heavy atom. The Kier molecular flexibility index (Phi) is 10.4. The molecule has 2 aromatic carbocycles. The van der Waals surface area contributed by atoms with Crippen LogP contribution in [0.15, 0.2) is 30.3 Å². The normalized spacial score (nSPS) is 11.1. The second-order valence-corrected chi connectivity index (χ2v) is 8.06. The van der Waals surface area contributed by atoms with Gasteiger partial charge in [-0.3, -0.25) is 0 Å². The van der Waals surface area contributed by atoms with Crippen molar-refractivity contribution in [3.63, 3.8) is 0 Å². The molecule has 0 atom stereocenters. The molecule has 4 nitrogen and oxygen atoms in total. The molecule has 2 rings (SSSR count). The van der Waals surface area contributed by atoms with Gasteiger partial charge in [-0.05, 0) is 63.6 Å². The van der Waals surface area contributed by atoms with Gasteiger partial charge in [0.1, 0.15) is 6.61 Å². The van der Waals surface area contributed by atoms with Crippen molar-refractivity contribution in [3.05, 3.63) is 56.5 Å². The van der Waals surface area contributed by atoms with Crippen LogP contribution in [0.3, 0.4) is 0 Å². The Bertz CT molecular complexity index is 784. The molecule has 7 heteroatoms. The highest BCUT2D eigenvalue weighted by atomic mass is 35.5. The van der Waals surface area contributed by atoms with Crippen molar-refractivity contribution in [2.45, 2.75) is 46.4 Å². The van der Waals surface area contributed by atoms with Gasteiger partial charge < -0.3 is 19.5 Å².